The van der Waals surface area contributed by atoms with Gasteiger partial charge in [0.15, 0.2) is 0 Å². The van der Waals surface area contributed by atoms with Crippen LogP contribution < -0.4 is 0 Å². The van der Waals surface area contributed by atoms with Crippen LogP contribution in [0.25, 0.3) is 0 Å². The Morgan fingerprint density at radius 3 is 2.60 bits per heavy atom. The molecule has 0 aromatic heterocycles. The Kier molecular flexibility index (Phi) is 4.29. The van der Waals surface area contributed by atoms with Crippen LogP contribution in [0.1, 0.15) is 19.8 Å². The van der Waals surface area contributed by atoms with Crippen LogP contribution in [0.5, 0.6) is 0 Å². The van der Waals surface area contributed by atoms with E-state index in [1.54, 1.807) is 12.2 Å². The monoisotopic (exact) mass is 140 g/mol. The van der Waals surface area contributed by atoms with Gasteiger partial charge in [0.2, 0.25) is 0 Å². The summed E-state index contributed by atoms with van der Waals surface area (Å²) >= 11 is 0. The van der Waals surface area contributed by atoms with Crippen LogP contribution in [0.15, 0.2) is 24.3 Å². The van der Waals surface area contributed by atoms with Crippen LogP contribution in [0.4, 0.5) is 0 Å². The predicted octanol–water partition coefficient (Wildman–Crippen LogP) is 1.98. The molecular formula is C8H12O2. The molecule has 0 aromatic carbocycles. The molecular weight excluding hydrogens is 128 g/mol. The summed E-state index contributed by atoms with van der Waals surface area (Å²) in [4.78, 5) is 10.3. The van der Waals surface area contributed by atoms with Crippen molar-refractivity contribution in [1.29, 1.82) is 0 Å². The summed E-state index contributed by atoms with van der Waals surface area (Å²) in [5.41, 5.74) is 0.458. The third-order valence-electron chi connectivity index (χ3n) is 1.19. The summed E-state index contributed by atoms with van der Waals surface area (Å²) in [6.07, 6.45) is 4.56. The first-order chi connectivity index (χ1) is 4.72. The fraction of sp³-hybridized carbons (Fsp3) is 0.375. The summed E-state index contributed by atoms with van der Waals surface area (Å²) in [5.74, 6) is -0.829. The Hall–Kier alpha value is -1.05. The quantitative estimate of drug-likeness (QED) is 0.479. The average Bonchev–Trinajstić information content (AvgIpc) is 1.89. The first-order valence-corrected chi connectivity index (χ1v) is 3.25. The summed E-state index contributed by atoms with van der Waals surface area (Å²) in [6.45, 7) is 5.31. The molecule has 0 unspecified atom stereocenters. The van der Waals surface area contributed by atoms with Gasteiger partial charge in [-0.05, 0) is 12.8 Å². The van der Waals surface area contributed by atoms with Gasteiger partial charge >= 0.3 is 5.97 Å². The lowest BCUT2D eigenvalue weighted by atomic mass is 10.2. The molecule has 1 N–H and O–H groups in total. The molecule has 10 heavy (non-hydrogen) atoms. The second-order valence-corrected chi connectivity index (χ2v) is 1.91. The lowest BCUT2D eigenvalue weighted by molar-refractivity contribution is -0.132. The minimum atomic E-state index is -0.829. The zero-order chi connectivity index (χ0) is 7.98. The lowest BCUT2D eigenvalue weighted by Crippen LogP contribution is -1.98. The molecule has 0 saturated heterocycles. The molecule has 2 nitrogen and oxygen atoms in total. The molecule has 0 fully saturated rings. The Morgan fingerprint density at radius 2 is 2.30 bits per heavy atom. The predicted molar refractivity (Wildman–Crippen MR) is 40.8 cm³/mol. The number of hydrogen-bond acceptors (Lipinski definition) is 1. The van der Waals surface area contributed by atoms with Gasteiger partial charge in [-0.1, -0.05) is 19.1 Å². The number of rotatable bonds is 4. The van der Waals surface area contributed by atoms with Gasteiger partial charge in [0.1, 0.15) is 0 Å². The van der Waals surface area contributed by atoms with E-state index in [2.05, 4.69) is 6.58 Å². The smallest absolute Gasteiger partial charge is 0.331 e. The molecule has 0 aliphatic heterocycles. The van der Waals surface area contributed by atoms with E-state index in [0.29, 0.717) is 18.4 Å². The topological polar surface area (TPSA) is 37.3 Å². The van der Waals surface area contributed by atoms with E-state index < -0.39 is 5.97 Å². The number of carboxylic acids is 1. The van der Waals surface area contributed by atoms with Crippen molar-refractivity contribution >= 4 is 5.97 Å². The first-order valence-electron chi connectivity index (χ1n) is 3.25. The van der Waals surface area contributed by atoms with Gasteiger partial charge in [-0.3, -0.25) is 0 Å². The summed E-state index contributed by atoms with van der Waals surface area (Å²) in [6, 6.07) is 0. The van der Waals surface area contributed by atoms with E-state index in [1.165, 1.54) is 0 Å². The largest absolute Gasteiger partial charge is 0.478 e. The van der Waals surface area contributed by atoms with E-state index in [0.717, 1.165) is 0 Å². The van der Waals surface area contributed by atoms with Crippen LogP contribution in [0, 0.1) is 0 Å². The first kappa shape index (κ1) is 8.95. The highest BCUT2D eigenvalue weighted by Crippen LogP contribution is 2.01. The van der Waals surface area contributed by atoms with E-state index in [1.807, 2.05) is 6.92 Å². The van der Waals surface area contributed by atoms with Crippen molar-refractivity contribution in [3.8, 4) is 0 Å². The van der Waals surface area contributed by atoms with Crippen molar-refractivity contribution in [1.82, 2.24) is 0 Å². The maximum absolute atomic E-state index is 10.3. The normalized spacial score (nSPS) is 11.1. The Balaban J connectivity index is 4.03. The van der Waals surface area contributed by atoms with Gasteiger partial charge in [0.25, 0.3) is 0 Å². The second-order valence-electron chi connectivity index (χ2n) is 1.91. The Morgan fingerprint density at radius 1 is 1.70 bits per heavy atom. The van der Waals surface area contributed by atoms with Crippen LogP contribution >= 0.6 is 0 Å². The summed E-state index contributed by atoms with van der Waals surface area (Å²) in [7, 11) is 0. The highest BCUT2D eigenvalue weighted by Gasteiger charge is 2.00. The SMILES string of the molecule is C=CCC=C(CC)C(=O)O. The zero-order valence-corrected chi connectivity index (χ0v) is 6.13. The fourth-order valence-corrected chi connectivity index (χ4v) is 0.608. The number of allylic oxidation sites excluding steroid dienone is 2. The molecule has 0 atom stereocenters. The van der Waals surface area contributed by atoms with Crippen LogP contribution in [0.3, 0.4) is 0 Å². The van der Waals surface area contributed by atoms with E-state index in [-0.39, 0.29) is 0 Å². The van der Waals surface area contributed by atoms with E-state index >= 15 is 0 Å². The van der Waals surface area contributed by atoms with Gasteiger partial charge < -0.3 is 5.11 Å². The molecule has 0 amide bonds. The van der Waals surface area contributed by atoms with Gasteiger partial charge in [-0.25, -0.2) is 4.79 Å². The Labute approximate surface area is 60.9 Å². The third-order valence-corrected chi connectivity index (χ3v) is 1.19. The van der Waals surface area contributed by atoms with Gasteiger partial charge in [0.05, 0.1) is 0 Å². The van der Waals surface area contributed by atoms with Crippen molar-refractivity contribution in [3.05, 3.63) is 24.3 Å². The molecule has 0 bridgehead atoms. The molecule has 2 heteroatoms. The van der Waals surface area contributed by atoms with E-state index in [9.17, 15) is 4.79 Å². The zero-order valence-electron chi connectivity index (χ0n) is 6.13. The Bertz CT molecular complexity index is 157. The van der Waals surface area contributed by atoms with Crippen molar-refractivity contribution in [2.45, 2.75) is 19.8 Å². The summed E-state index contributed by atoms with van der Waals surface area (Å²) < 4.78 is 0. The van der Waals surface area contributed by atoms with Crippen molar-refractivity contribution < 1.29 is 9.90 Å². The molecule has 0 rings (SSSR count). The summed E-state index contributed by atoms with van der Waals surface area (Å²) in [5, 5.41) is 8.50. The minimum absolute atomic E-state index is 0.458. The fourth-order valence-electron chi connectivity index (χ4n) is 0.608. The standard InChI is InChI=1S/C8H12O2/c1-3-5-6-7(4-2)8(9)10/h3,6H,1,4-5H2,2H3,(H,9,10). The molecule has 0 aliphatic carbocycles. The number of aliphatic carboxylic acids is 1. The third kappa shape index (κ3) is 3.07. The van der Waals surface area contributed by atoms with Crippen molar-refractivity contribution in [2.24, 2.45) is 0 Å². The van der Waals surface area contributed by atoms with Gasteiger partial charge in [-0.15, -0.1) is 6.58 Å². The lowest BCUT2D eigenvalue weighted by Gasteiger charge is -1.93. The highest BCUT2D eigenvalue weighted by molar-refractivity contribution is 5.86. The molecule has 0 spiro atoms. The van der Waals surface area contributed by atoms with Gasteiger partial charge in [0, 0.05) is 5.57 Å². The van der Waals surface area contributed by atoms with Crippen LogP contribution in [-0.4, -0.2) is 11.1 Å². The maximum Gasteiger partial charge on any atom is 0.331 e. The van der Waals surface area contributed by atoms with Crippen molar-refractivity contribution in [3.63, 3.8) is 0 Å². The molecule has 56 valence electrons. The van der Waals surface area contributed by atoms with Crippen LogP contribution in [0.2, 0.25) is 0 Å². The maximum atomic E-state index is 10.3. The molecule has 0 saturated carbocycles. The van der Waals surface area contributed by atoms with Gasteiger partial charge in [-0.2, -0.15) is 0 Å². The molecule has 0 aromatic rings. The number of carboxylic acid groups (broad SMARTS) is 1. The van der Waals surface area contributed by atoms with Crippen LogP contribution in [-0.2, 0) is 4.79 Å². The number of hydrogen-bond donors (Lipinski definition) is 1. The highest BCUT2D eigenvalue weighted by atomic mass is 16.4. The average molecular weight is 140 g/mol. The minimum Gasteiger partial charge on any atom is -0.478 e. The molecule has 0 aliphatic rings. The molecule has 0 heterocycles. The molecule has 0 radical (unpaired) electrons. The second kappa shape index (κ2) is 4.79. The van der Waals surface area contributed by atoms with E-state index in [4.69, 9.17) is 5.11 Å². The number of carbonyl (C=O) groups is 1. The van der Waals surface area contributed by atoms with Crippen molar-refractivity contribution in [2.75, 3.05) is 0 Å².